The van der Waals surface area contributed by atoms with Gasteiger partial charge in [-0.15, -0.1) is 0 Å². The van der Waals surface area contributed by atoms with E-state index in [0.29, 0.717) is 17.2 Å². The predicted octanol–water partition coefficient (Wildman–Crippen LogP) is 3.98. The van der Waals surface area contributed by atoms with Crippen LogP contribution in [0.3, 0.4) is 0 Å². The van der Waals surface area contributed by atoms with E-state index in [0.717, 1.165) is 5.56 Å². The maximum atomic E-state index is 13.4. The van der Waals surface area contributed by atoms with Crippen LogP contribution < -0.4 is 24.4 Å². The summed E-state index contributed by atoms with van der Waals surface area (Å²) in [7, 11) is -2.83. The number of fused-ring (bicyclic) bond motifs is 1. The van der Waals surface area contributed by atoms with E-state index in [1.807, 2.05) is 10.8 Å². The molecule has 0 saturated carbocycles. The minimum atomic E-state index is -4.37. The van der Waals surface area contributed by atoms with Gasteiger partial charge in [0, 0.05) is 25.2 Å². The second kappa shape index (κ2) is 10.7. The van der Waals surface area contributed by atoms with Crippen LogP contribution in [0.25, 0.3) is 0 Å². The summed E-state index contributed by atoms with van der Waals surface area (Å²) in [5.74, 6) is 0.566. The zero-order valence-electron chi connectivity index (χ0n) is 18.9. The standard InChI is InChI=1S/C24H21Cl2N3O6S/c1-29(16-10-11-19-20(13-16)35-14-34-19)23(30)18(12-15-6-3-2-4-7-15)27-24(31)28-36(32,33)21-9-5-8-17(25)22(21)26/h2-11,13,18H,12,14H2,1H3,(H2,27,28,31)/t18-/m0/s1. The number of carbonyl (C=O) groups is 2. The Morgan fingerprint density at radius 3 is 2.47 bits per heavy atom. The summed E-state index contributed by atoms with van der Waals surface area (Å²) >= 11 is 11.9. The van der Waals surface area contributed by atoms with Gasteiger partial charge >= 0.3 is 6.03 Å². The summed E-state index contributed by atoms with van der Waals surface area (Å²) < 4.78 is 38.1. The van der Waals surface area contributed by atoms with Gasteiger partial charge < -0.3 is 19.7 Å². The smallest absolute Gasteiger partial charge is 0.329 e. The molecule has 188 valence electrons. The Labute approximate surface area is 218 Å². The van der Waals surface area contributed by atoms with Gasteiger partial charge in [0.2, 0.25) is 12.7 Å². The molecule has 1 aliphatic rings. The molecule has 0 unspecified atom stereocenters. The number of amides is 3. The summed E-state index contributed by atoms with van der Waals surface area (Å²) in [6, 6.07) is 15.8. The number of carbonyl (C=O) groups excluding carboxylic acids is 2. The van der Waals surface area contributed by atoms with Crippen LogP contribution in [0.1, 0.15) is 5.56 Å². The Hall–Kier alpha value is -3.47. The molecule has 3 aromatic carbocycles. The predicted molar refractivity (Wildman–Crippen MR) is 135 cm³/mol. The molecule has 0 aliphatic carbocycles. The number of anilines is 1. The highest BCUT2D eigenvalue weighted by Gasteiger charge is 2.29. The quantitative estimate of drug-likeness (QED) is 0.460. The molecule has 0 saturated heterocycles. The van der Waals surface area contributed by atoms with Crippen molar-refractivity contribution >= 4 is 50.9 Å². The number of nitrogens with zero attached hydrogens (tertiary/aromatic N) is 1. The van der Waals surface area contributed by atoms with Crippen LogP contribution in [0, 0.1) is 0 Å². The number of likely N-dealkylation sites (N-methyl/N-ethyl adjacent to an activating group) is 1. The number of benzene rings is 3. The number of sulfonamides is 1. The van der Waals surface area contributed by atoms with Gasteiger partial charge in [0.05, 0.1) is 10.0 Å². The Kier molecular flexibility index (Phi) is 7.58. The second-order valence-electron chi connectivity index (χ2n) is 7.81. The zero-order chi connectivity index (χ0) is 25.9. The van der Waals surface area contributed by atoms with E-state index in [4.69, 9.17) is 32.7 Å². The Bertz CT molecular complexity index is 1400. The fourth-order valence-corrected chi connectivity index (χ4v) is 5.24. The number of nitrogens with one attached hydrogen (secondary N) is 2. The highest BCUT2D eigenvalue weighted by molar-refractivity contribution is 7.90. The molecule has 0 spiro atoms. The van der Waals surface area contributed by atoms with Gasteiger partial charge in [-0.05, 0) is 29.8 Å². The molecule has 0 radical (unpaired) electrons. The first kappa shape index (κ1) is 25.6. The molecular weight excluding hydrogens is 529 g/mol. The van der Waals surface area contributed by atoms with E-state index in [1.165, 1.54) is 23.1 Å². The molecule has 0 fully saturated rings. The van der Waals surface area contributed by atoms with Crippen LogP contribution in [0.5, 0.6) is 11.5 Å². The SMILES string of the molecule is CN(C(=O)[C@H](Cc1ccccc1)NC(=O)NS(=O)(=O)c1cccc(Cl)c1Cl)c1ccc2c(c1)OCO2. The highest BCUT2D eigenvalue weighted by Crippen LogP contribution is 2.35. The van der Waals surface area contributed by atoms with Crippen molar-refractivity contribution in [3.8, 4) is 11.5 Å². The fourth-order valence-electron chi connectivity index (χ4n) is 3.56. The van der Waals surface area contributed by atoms with E-state index in [1.54, 1.807) is 49.5 Å². The first-order valence-corrected chi connectivity index (χ1v) is 12.9. The normalized spacial score (nSPS) is 13.1. The molecule has 3 aromatic rings. The Morgan fingerprint density at radius 2 is 1.72 bits per heavy atom. The molecule has 1 heterocycles. The zero-order valence-corrected chi connectivity index (χ0v) is 21.2. The number of ether oxygens (including phenoxy) is 2. The first-order valence-electron chi connectivity index (χ1n) is 10.6. The minimum Gasteiger partial charge on any atom is -0.454 e. The van der Waals surface area contributed by atoms with Crippen molar-refractivity contribution in [3.05, 3.63) is 82.3 Å². The highest BCUT2D eigenvalue weighted by atomic mass is 35.5. The number of hydrogen-bond acceptors (Lipinski definition) is 6. The Balaban J connectivity index is 1.55. The van der Waals surface area contributed by atoms with Gasteiger partial charge in [0.25, 0.3) is 10.0 Å². The second-order valence-corrected chi connectivity index (χ2v) is 10.2. The molecule has 1 aliphatic heterocycles. The van der Waals surface area contributed by atoms with Crippen molar-refractivity contribution < 1.29 is 27.5 Å². The number of rotatable bonds is 7. The molecular formula is C24H21Cl2N3O6S. The van der Waals surface area contributed by atoms with Crippen molar-refractivity contribution in [1.82, 2.24) is 10.0 Å². The van der Waals surface area contributed by atoms with Crippen molar-refractivity contribution in [2.24, 2.45) is 0 Å². The third kappa shape index (κ3) is 5.67. The van der Waals surface area contributed by atoms with Gasteiger partial charge in [0.15, 0.2) is 11.5 Å². The number of urea groups is 1. The third-order valence-corrected chi connectivity index (χ3v) is 7.70. The molecule has 0 aromatic heterocycles. The maximum Gasteiger partial charge on any atom is 0.329 e. The third-order valence-electron chi connectivity index (χ3n) is 5.39. The van der Waals surface area contributed by atoms with E-state index in [-0.39, 0.29) is 28.2 Å². The van der Waals surface area contributed by atoms with Gasteiger partial charge in [-0.1, -0.05) is 59.6 Å². The van der Waals surface area contributed by atoms with Crippen molar-refractivity contribution in [2.75, 3.05) is 18.7 Å². The topological polar surface area (TPSA) is 114 Å². The Morgan fingerprint density at radius 1 is 1.00 bits per heavy atom. The molecule has 9 nitrogen and oxygen atoms in total. The molecule has 3 amide bonds. The van der Waals surface area contributed by atoms with E-state index < -0.39 is 28.0 Å². The lowest BCUT2D eigenvalue weighted by molar-refractivity contribution is -0.120. The lowest BCUT2D eigenvalue weighted by Gasteiger charge is -2.25. The van der Waals surface area contributed by atoms with Crippen LogP contribution in [-0.2, 0) is 21.2 Å². The number of halogens is 2. The van der Waals surface area contributed by atoms with Crippen molar-refractivity contribution in [3.63, 3.8) is 0 Å². The summed E-state index contributed by atoms with van der Waals surface area (Å²) in [6.45, 7) is 0.0833. The van der Waals surface area contributed by atoms with Crippen LogP contribution in [-0.4, -0.2) is 40.2 Å². The van der Waals surface area contributed by atoms with Gasteiger partial charge in [0.1, 0.15) is 10.9 Å². The van der Waals surface area contributed by atoms with E-state index >= 15 is 0 Å². The van der Waals surface area contributed by atoms with Gasteiger partial charge in [-0.25, -0.2) is 17.9 Å². The van der Waals surface area contributed by atoms with Crippen LogP contribution >= 0.6 is 23.2 Å². The van der Waals surface area contributed by atoms with E-state index in [2.05, 4.69) is 5.32 Å². The molecule has 12 heteroatoms. The lowest BCUT2D eigenvalue weighted by atomic mass is 10.0. The fraction of sp³-hybridized carbons (Fsp3) is 0.167. The van der Waals surface area contributed by atoms with Crippen molar-refractivity contribution in [2.45, 2.75) is 17.4 Å². The molecule has 0 bridgehead atoms. The monoisotopic (exact) mass is 549 g/mol. The average molecular weight is 550 g/mol. The van der Waals surface area contributed by atoms with Gasteiger partial charge in [-0.2, -0.15) is 0 Å². The van der Waals surface area contributed by atoms with E-state index in [9.17, 15) is 18.0 Å². The van der Waals surface area contributed by atoms with Crippen LogP contribution in [0.2, 0.25) is 10.0 Å². The summed E-state index contributed by atoms with van der Waals surface area (Å²) in [5, 5.41) is 2.27. The van der Waals surface area contributed by atoms with Gasteiger partial charge in [-0.3, -0.25) is 4.79 Å². The first-order chi connectivity index (χ1) is 17.2. The summed E-state index contributed by atoms with van der Waals surface area (Å²) in [4.78, 5) is 27.2. The van der Waals surface area contributed by atoms with Crippen LogP contribution in [0.15, 0.2) is 71.6 Å². The number of hydrogen-bond donors (Lipinski definition) is 2. The molecule has 2 N–H and O–H groups in total. The maximum absolute atomic E-state index is 13.4. The molecule has 36 heavy (non-hydrogen) atoms. The molecule has 4 rings (SSSR count). The average Bonchev–Trinajstić information content (AvgIpc) is 3.32. The summed E-state index contributed by atoms with van der Waals surface area (Å²) in [6.07, 6.45) is 0.111. The summed E-state index contributed by atoms with van der Waals surface area (Å²) in [5.41, 5.74) is 1.26. The minimum absolute atomic E-state index is 0.0161. The van der Waals surface area contributed by atoms with Crippen molar-refractivity contribution in [1.29, 1.82) is 0 Å². The lowest BCUT2D eigenvalue weighted by Crippen LogP contribution is -2.52. The molecule has 1 atom stereocenters. The van der Waals surface area contributed by atoms with Crippen LogP contribution in [0.4, 0.5) is 10.5 Å². The largest absolute Gasteiger partial charge is 0.454 e.